The van der Waals surface area contributed by atoms with Crippen LogP contribution in [0, 0.1) is 31.1 Å². The molecule has 0 saturated heterocycles. The van der Waals surface area contributed by atoms with Gasteiger partial charge in [0.05, 0.1) is 17.7 Å². The van der Waals surface area contributed by atoms with Crippen LogP contribution in [0.15, 0.2) is 0 Å². The zero-order chi connectivity index (χ0) is 12.3. The first-order valence-corrected chi connectivity index (χ1v) is 5.60. The number of nitriles is 1. The van der Waals surface area contributed by atoms with E-state index in [1.807, 2.05) is 25.6 Å². The fourth-order valence-electron chi connectivity index (χ4n) is 1.92. The third-order valence-corrected chi connectivity index (χ3v) is 2.95. The Morgan fingerprint density at radius 2 is 2.06 bits per heavy atom. The van der Waals surface area contributed by atoms with Gasteiger partial charge in [0.25, 0.3) is 0 Å². The van der Waals surface area contributed by atoms with Gasteiger partial charge in [0.1, 0.15) is 0 Å². The molecule has 0 bridgehead atoms. The van der Waals surface area contributed by atoms with E-state index in [9.17, 15) is 0 Å². The molecule has 0 saturated carbocycles. The first-order valence-electron chi connectivity index (χ1n) is 5.60. The van der Waals surface area contributed by atoms with Crippen LogP contribution in [0.3, 0.4) is 0 Å². The quantitative estimate of drug-likeness (QED) is 0.842. The number of aromatic nitrogens is 2. The Labute approximate surface area is 97.3 Å². The fourth-order valence-corrected chi connectivity index (χ4v) is 1.92. The van der Waals surface area contributed by atoms with Crippen LogP contribution in [0.25, 0.3) is 0 Å². The molecule has 1 heterocycles. The molecule has 4 nitrogen and oxygen atoms in total. The molecule has 0 aliphatic heterocycles. The highest BCUT2D eigenvalue weighted by Gasteiger charge is 2.16. The normalized spacial score (nSPS) is 14.5. The van der Waals surface area contributed by atoms with Crippen LogP contribution in [-0.2, 0) is 7.05 Å². The number of hydrogen-bond donors (Lipinski definition) is 1. The highest BCUT2D eigenvalue weighted by molar-refractivity contribution is 5.27. The van der Waals surface area contributed by atoms with Crippen molar-refractivity contribution in [3.63, 3.8) is 0 Å². The molecule has 0 aliphatic rings. The molecule has 0 fully saturated rings. The third kappa shape index (κ3) is 2.61. The monoisotopic (exact) mass is 220 g/mol. The summed E-state index contributed by atoms with van der Waals surface area (Å²) in [7, 11) is 1.95. The smallest absolute Gasteiger partial charge is 0.0666 e. The standard InChI is InChI=1S/C12H20N4/c1-8(6-13)7-14-9(2)12-10(3)15-16(5)11(12)4/h8-9,14H,7H2,1-5H3. The van der Waals surface area contributed by atoms with Crippen LogP contribution in [0.2, 0.25) is 0 Å². The van der Waals surface area contributed by atoms with Crippen molar-refractivity contribution >= 4 is 0 Å². The van der Waals surface area contributed by atoms with Crippen molar-refractivity contribution in [3.05, 3.63) is 17.0 Å². The van der Waals surface area contributed by atoms with E-state index in [-0.39, 0.29) is 12.0 Å². The zero-order valence-electron chi connectivity index (χ0n) is 10.7. The predicted octanol–water partition coefficient (Wildman–Crippen LogP) is 1.85. The number of nitrogens with zero attached hydrogens (tertiary/aromatic N) is 3. The van der Waals surface area contributed by atoms with Crippen LogP contribution in [0.5, 0.6) is 0 Å². The minimum absolute atomic E-state index is 0.0414. The first kappa shape index (κ1) is 12.7. The Balaban J connectivity index is 2.74. The van der Waals surface area contributed by atoms with Crippen molar-refractivity contribution in [1.29, 1.82) is 5.26 Å². The van der Waals surface area contributed by atoms with Gasteiger partial charge in [0, 0.05) is 30.9 Å². The summed E-state index contributed by atoms with van der Waals surface area (Å²) >= 11 is 0. The molecular formula is C12H20N4. The summed E-state index contributed by atoms with van der Waals surface area (Å²) < 4.78 is 1.90. The molecule has 88 valence electrons. The SMILES string of the molecule is Cc1nn(C)c(C)c1C(C)NCC(C)C#N. The summed E-state index contributed by atoms with van der Waals surface area (Å²) in [6.07, 6.45) is 0. The van der Waals surface area contributed by atoms with Gasteiger partial charge in [0.2, 0.25) is 0 Å². The molecule has 0 spiro atoms. The summed E-state index contributed by atoms with van der Waals surface area (Å²) in [6, 6.07) is 2.46. The highest BCUT2D eigenvalue weighted by Crippen LogP contribution is 2.20. The van der Waals surface area contributed by atoms with Crippen LogP contribution in [0.1, 0.15) is 36.8 Å². The average molecular weight is 220 g/mol. The van der Waals surface area contributed by atoms with Gasteiger partial charge in [-0.15, -0.1) is 0 Å². The zero-order valence-corrected chi connectivity index (χ0v) is 10.7. The molecule has 2 unspecified atom stereocenters. The van der Waals surface area contributed by atoms with Crippen LogP contribution in [-0.4, -0.2) is 16.3 Å². The maximum Gasteiger partial charge on any atom is 0.0666 e. The van der Waals surface area contributed by atoms with E-state index in [4.69, 9.17) is 5.26 Å². The van der Waals surface area contributed by atoms with E-state index in [1.54, 1.807) is 0 Å². The van der Waals surface area contributed by atoms with Gasteiger partial charge in [-0.1, -0.05) is 0 Å². The molecular weight excluding hydrogens is 200 g/mol. The van der Waals surface area contributed by atoms with Gasteiger partial charge in [-0.05, 0) is 27.7 Å². The highest BCUT2D eigenvalue weighted by atomic mass is 15.3. The van der Waals surface area contributed by atoms with E-state index in [0.717, 1.165) is 5.69 Å². The van der Waals surface area contributed by atoms with Gasteiger partial charge in [-0.2, -0.15) is 10.4 Å². The van der Waals surface area contributed by atoms with E-state index < -0.39 is 0 Å². The van der Waals surface area contributed by atoms with E-state index in [0.29, 0.717) is 6.54 Å². The predicted molar refractivity (Wildman–Crippen MR) is 63.9 cm³/mol. The second kappa shape index (κ2) is 5.13. The van der Waals surface area contributed by atoms with Crippen molar-refractivity contribution in [2.45, 2.75) is 33.7 Å². The molecule has 1 N–H and O–H groups in total. The molecule has 0 amide bonds. The molecule has 0 aliphatic carbocycles. The van der Waals surface area contributed by atoms with Gasteiger partial charge in [-0.3, -0.25) is 4.68 Å². The number of rotatable bonds is 4. The second-order valence-electron chi connectivity index (χ2n) is 4.37. The van der Waals surface area contributed by atoms with Gasteiger partial charge in [0.15, 0.2) is 0 Å². The lowest BCUT2D eigenvalue weighted by Gasteiger charge is -2.15. The van der Waals surface area contributed by atoms with Gasteiger partial charge in [-0.25, -0.2) is 0 Å². The summed E-state index contributed by atoms with van der Waals surface area (Å²) in [5.41, 5.74) is 3.49. The van der Waals surface area contributed by atoms with Gasteiger partial charge >= 0.3 is 0 Å². The Morgan fingerprint density at radius 3 is 2.50 bits per heavy atom. The van der Waals surface area contributed by atoms with Crippen molar-refractivity contribution < 1.29 is 0 Å². The lowest BCUT2D eigenvalue weighted by Crippen LogP contribution is -2.24. The maximum atomic E-state index is 8.73. The molecule has 16 heavy (non-hydrogen) atoms. The minimum atomic E-state index is 0.0414. The Morgan fingerprint density at radius 1 is 1.44 bits per heavy atom. The van der Waals surface area contributed by atoms with Crippen LogP contribution < -0.4 is 5.32 Å². The van der Waals surface area contributed by atoms with E-state index in [2.05, 4.69) is 30.3 Å². The molecule has 0 radical (unpaired) electrons. The summed E-state index contributed by atoms with van der Waals surface area (Å²) in [6.45, 7) is 8.84. The van der Waals surface area contributed by atoms with Crippen molar-refractivity contribution in [1.82, 2.24) is 15.1 Å². The summed E-state index contributed by atoms with van der Waals surface area (Å²) in [5.74, 6) is 0.0414. The Kier molecular flexibility index (Phi) is 4.08. The number of hydrogen-bond acceptors (Lipinski definition) is 3. The molecule has 1 aromatic heterocycles. The van der Waals surface area contributed by atoms with E-state index in [1.165, 1.54) is 11.3 Å². The fraction of sp³-hybridized carbons (Fsp3) is 0.667. The first-order chi connectivity index (χ1) is 7.47. The molecule has 1 rings (SSSR count). The summed E-state index contributed by atoms with van der Waals surface area (Å²) in [5, 5.41) is 16.5. The summed E-state index contributed by atoms with van der Waals surface area (Å²) in [4.78, 5) is 0. The molecule has 0 aromatic carbocycles. The number of nitrogens with one attached hydrogen (secondary N) is 1. The molecule has 2 atom stereocenters. The van der Waals surface area contributed by atoms with E-state index >= 15 is 0 Å². The van der Waals surface area contributed by atoms with Crippen LogP contribution >= 0.6 is 0 Å². The average Bonchev–Trinajstić information content (AvgIpc) is 2.49. The third-order valence-electron chi connectivity index (χ3n) is 2.95. The maximum absolute atomic E-state index is 8.73. The lowest BCUT2D eigenvalue weighted by molar-refractivity contribution is 0.524. The second-order valence-corrected chi connectivity index (χ2v) is 4.37. The number of aryl methyl sites for hydroxylation is 2. The largest absolute Gasteiger partial charge is 0.309 e. The molecule has 1 aromatic rings. The Bertz CT molecular complexity index is 400. The van der Waals surface area contributed by atoms with Crippen molar-refractivity contribution in [2.24, 2.45) is 13.0 Å². The molecule has 4 heteroatoms. The van der Waals surface area contributed by atoms with Crippen molar-refractivity contribution in [2.75, 3.05) is 6.54 Å². The Hall–Kier alpha value is -1.34. The minimum Gasteiger partial charge on any atom is -0.309 e. The van der Waals surface area contributed by atoms with Gasteiger partial charge < -0.3 is 5.32 Å². The van der Waals surface area contributed by atoms with Crippen LogP contribution in [0.4, 0.5) is 0 Å². The lowest BCUT2D eigenvalue weighted by atomic mass is 10.1. The topological polar surface area (TPSA) is 53.6 Å². The van der Waals surface area contributed by atoms with Crippen molar-refractivity contribution in [3.8, 4) is 6.07 Å².